The molecule has 6 saturated carbocycles. The molecule has 0 bridgehead atoms. The topological polar surface area (TPSA) is 113 Å². The normalized spacial score (nSPS) is 40.5. The van der Waals surface area contributed by atoms with Gasteiger partial charge in [-0.1, -0.05) is 116 Å². The number of sulfonamides is 1. The average Bonchev–Trinajstić information content (AvgIpc) is 3.73. The fraction of sp³-hybridized carbons (Fsp3) is 0.667. The number of hydrogen-bond donors (Lipinski definition) is 2. The molecule has 2 heterocycles. The summed E-state index contributed by atoms with van der Waals surface area (Å²) in [6.45, 7) is 11.6. The number of carbonyl (C=O) groups is 2. The lowest BCUT2D eigenvalue weighted by molar-refractivity contribution is -0.138. The standard InChI is InChI=1S/C25H34N2O3S.C19H30N2O.C7H8.3CH4/c1-24-15-13-20-18(9-12-22-25(20,2)16-14-23(28)27(22)3)19(24)10-11-21(24)26-31(29,30)17-7-5-4-6-8-17;1-18-10-8-14-12(13(18)5-6-15(18)20)4-7-16-19(14,2)11-9-17(22)21(16)3;1-7-5-3-2-4-6-7;;;/h4-8,14,16,18-22,26H,9-13,15H2,1-3H3;9,11-16H,4-8,10,20H2,1-3H3;2-6H,1H3;3*1H4/t18-,19-,20-,21-,22+,24-,25+;12-,13-,14-,15-,16+,18-,19+;;;;/m00..../s1. The Kier molecular flexibility index (Phi) is 15.2. The van der Waals surface area contributed by atoms with Crippen molar-refractivity contribution in [2.24, 2.45) is 62.9 Å². The van der Waals surface area contributed by atoms with Crippen molar-refractivity contribution in [3.63, 3.8) is 0 Å². The number of amides is 2. The van der Waals surface area contributed by atoms with Gasteiger partial charge in [0.15, 0.2) is 0 Å². The molecule has 2 aliphatic heterocycles. The minimum absolute atomic E-state index is 0. The molecule has 14 atom stereocenters. The number of hydrogen-bond acceptors (Lipinski definition) is 5. The Morgan fingerprint density at radius 1 is 0.587 bits per heavy atom. The Balaban J connectivity index is 0.000000204. The average molecular weight is 885 g/mol. The molecule has 63 heavy (non-hydrogen) atoms. The number of benzene rings is 2. The van der Waals surface area contributed by atoms with Crippen LogP contribution >= 0.6 is 0 Å². The Morgan fingerprint density at radius 3 is 1.51 bits per heavy atom. The summed E-state index contributed by atoms with van der Waals surface area (Å²) in [4.78, 5) is 28.6. The fourth-order valence-electron chi connectivity index (χ4n) is 15.1. The maximum absolute atomic E-state index is 13.0. The van der Waals surface area contributed by atoms with E-state index >= 15 is 0 Å². The SMILES string of the molecule is C.C.C.CN1C(=O)C=C[C@]2(C)[C@H]3CC[C@]4(C)[C@@H](N)CC[C@H]4[C@@H]3CC[C@@H]12.CN1C(=O)C=C[C@]2(C)[C@H]3CC[C@]4(C)[C@@H](NS(=O)(=O)c5ccccc5)CC[C@H]4[C@@H]3CC[C@@H]12.Cc1ccccc1. The van der Waals surface area contributed by atoms with Gasteiger partial charge in [0, 0.05) is 49.1 Å². The van der Waals surface area contributed by atoms with Crippen LogP contribution in [0.5, 0.6) is 0 Å². The first-order valence-corrected chi connectivity index (χ1v) is 24.7. The summed E-state index contributed by atoms with van der Waals surface area (Å²) in [6.07, 6.45) is 21.9. The molecule has 350 valence electrons. The molecule has 6 fully saturated rings. The molecule has 2 aromatic carbocycles. The highest BCUT2D eigenvalue weighted by molar-refractivity contribution is 7.89. The van der Waals surface area contributed by atoms with Crippen LogP contribution in [0.3, 0.4) is 0 Å². The van der Waals surface area contributed by atoms with Gasteiger partial charge in [-0.05, 0) is 155 Å². The Bertz CT molecular complexity index is 2080. The number of likely N-dealkylation sites (N-methyl/N-ethyl adjacent to an activating group) is 2. The molecule has 0 spiro atoms. The van der Waals surface area contributed by atoms with Gasteiger partial charge in [-0.25, -0.2) is 13.1 Å². The second-order valence-electron chi connectivity index (χ2n) is 21.2. The van der Waals surface area contributed by atoms with Crippen LogP contribution in [0.4, 0.5) is 0 Å². The van der Waals surface area contributed by atoms with E-state index < -0.39 is 10.0 Å². The Morgan fingerprint density at radius 2 is 1.03 bits per heavy atom. The maximum Gasteiger partial charge on any atom is 0.246 e. The molecule has 0 aromatic heterocycles. The first-order chi connectivity index (χ1) is 28.4. The van der Waals surface area contributed by atoms with Crippen LogP contribution in [0.15, 0.2) is 89.9 Å². The molecule has 8 nitrogen and oxygen atoms in total. The van der Waals surface area contributed by atoms with E-state index in [4.69, 9.17) is 5.73 Å². The lowest BCUT2D eigenvalue weighted by atomic mass is 9.48. The minimum Gasteiger partial charge on any atom is -0.338 e. The van der Waals surface area contributed by atoms with E-state index in [2.05, 4.69) is 63.6 Å². The first kappa shape index (κ1) is 50.7. The van der Waals surface area contributed by atoms with E-state index in [1.54, 1.807) is 30.3 Å². The maximum atomic E-state index is 13.0. The van der Waals surface area contributed by atoms with Crippen molar-refractivity contribution in [1.82, 2.24) is 14.5 Å². The zero-order valence-corrected chi connectivity index (χ0v) is 38.2. The van der Waals surface area contributed by atoms with Gasteiger partial charge in [-0.2, -0.15) is 0 Å². The zero-order valence-electron chi connectivity index (χ0n) is 37.4. The molecule has 8 aliphatic rings. The predicted octanol–water partition coefficient (Wildman–Crippen LogP) is 10.8. The number of aryl methyl sites for hydroxylation is 1. The van der Waals surface area contributed by atoms with E-state index in [1.807, 2.05) is 54.2 Å². The van der Waals surface area contributed by atoms with Gasteiger partial charge < -0.3 is 15.5 Å². The van der Waals surface area contributed by atoms with Gasteiger partial charge in [0.05, 0.1) is 4.90 Å². The van der Waals surface area contributed by atoms with Crippen molar-refractivity contribution in [2.45, 2.75) is 163 Å². The van der Waals surface area contributed by atoms with Gasteiger partial charge in [0.25, 0.3) is 0 Å². The number of carbonyl (C=O) groups excluding carboxylic acids is 2. The van der Waals surface area contributed by atoms with E-state index in [0.29, 0.717) is 40.1 Å². The summed E-state index contributed by atoms with van der Waals surface area (Å²) in [7, 11) is 0.432. The van der Waals surface area contributed by atoms with Gasteiger partial charge in [-0.3, -0.25) is 9.59 Å². The largest absolute Gasteiger partial charge is 0.338 e. The molecular weight excluding hydrogens is 801 g/mol. The molecule has 2 aromatic rings. The summed E-state index contributed by atoms with van der Waals surface area (Å²) in [6, 6.07) is 20.1. The molecule has 0 saturated heterocycles. The van der Waals surface area contributed by atoms with Gasteiger partial charge in [0.2, 0.25) is 21.8 Å². The highest BCUT2D eigenvalue weighted by atomic mass is 32.2. The van der Waals surface area contributed by atoms with Crippen molar-refractivity contribution >= 4 is 21.8 Å². The van der Waals surface area contributed by atoms with Crippen molar-refractivity contribution in [1.29, 1.82) is 0 Å². The molecule has 10 rings (SSSR count). The molecule has 0 radical (unpaired) electrons. The van der Waals surface area contributed by atoms with Crippen LogP contribution in [0.2, 0.25) is 0 Å². The van der Waals surface area contributed by atoms with Gasteiger partial charge in [-0.15, -0.1) is 0 Å². The zero-order chi connectivity index (χ0) is 42.8. The molecule has 2 amide bonds. The minimum atomic E-state index is -3.51. The number of rotatable bonds is 3. The Hall–Kier alpha value is -3.27. The summed E-state index contributed by atoms with van der Waals surface area (Å²) in [5.41, 5.74) is 8.35. The van der Waals surface area contributed by atoms with Crippen molar-refractivity contribution in [2.75, 3.05) is 14.1 Å². The summed E-state index contributed by atoms with van der Waals surface area (Å²) < 4.78 is 29.2. The van der Waals surface area contributed by atoms with Crippen molar-refractivity contribution in [3.05, 3.63) is 90.5 Å². The quantitative estimate of drug-likeness (QED) is 0.319. The van der Waals surface area contributed by atoms with E-state index in [9.17, 15) is 18.0 Å². The second kappa shape index (κ2) is 18.9. The third-order valence-electron chi connectivity index (χ3n) is 18.6. The van der Waals surface area contributed by atoms with E-state index in [-0.39, 0.29) is 62.4 Å². The number of nitrogens with two attached hydrogens (primary N) is 1. The molecule has 0 unspecified atom stereocenters. The van der Waals surface area contributed by atoms with Gasteiger partial charge >= 0.3 is 0 Å². The summed E-state index contributed by atoms with van der Waals surface area (Å²) in [5, 5.41) is 0. The second-order valence-corrected chi connectivity index (χ2v) is 22.9. The fourth-order valence-corrected chi connectivity index (χ4v) is 16.5. The number of nitrogens with one attached hydrogen (secondary N) is 1. The molecule has 9 heteroatoms. The lowest BCUT2D eigenvalue weighted by Gasteiger charge is -2.60. The number of fused-ring (bicyclic) bond motifs is 10. The smallest absolute Gasteiger partial charge is 0.246 e. The van der Waals surface area contributed by atoms with Crippen LogP contribution in [-0.4, -0.2) is 68.3 Å². The van der Waals surface area contributed by atoms with Crippen LogP contribution in [0, 0.1) is 64.1 Å². The summed E-state index contributed by atoms with van der Waals surface area (Å²) in [5.74, 6) is 4.32. The van der Waals surface area contributed by atoms with Crippen molar-refractivity contribution < 1.29 is 18.0 Å². The third kappa shape index (κ3) is 8.66. The van der Waals surface area contributed by atoms with E-state index in [0.717, 1.165) is 62.7 Å². The predicted molar refractivity (Wildman–Crippen MR) is 260 cm³/mol. The van der Waals surface area contributed by atoms with Crippen LogP contribution in [-0.2, 0) is 19.6 Å². The van der Waals surface area contributed by atoms with Crippen LogP contribution < -0.4 is 10.5 Å². The lowest BCUT2D eigenvalue weighted by Crippen LogP contribution is -2.60. The van der Waals surface area contributed by atoms with Gasteiger partial charge in [0.1, 0.15) is 0 Å². The Labute approximate surface area is 383 Å². The van der Waals surface area contributed by atoms with Crippen LogP contribution in [0.25, 0.3) is 0 Å². The molecular formula is C54H84N4O4S. The highest BCUT2D eigenvalue weighted by Gasteiger charge is 2.62. The van der Waals surface area contributed by atoms with Crippen LogP contribution in [0.1, 0.15) is 133 Å². The summed E-state index contributed by atoms with van der Waals surface area (Å²) >= 11 is 0. The molecule has 6 aliphatic carbocycles. The molecule has 3 N–H and O–H groups in total. The first-order valence-electron chi connectivity index (χ1n) is 23.2. The monoisotopic (exact) mass is 885 g/mol. The highest BCUT2D eigenvalue weighted by Crippen LogP contribution is 2.65. The number of nitrogens with zero attached hydrogens (tertiary/aromatic N) is 2. The third-order valence-corrected chi connectivity index (χ3v) is 20.1. The van der Waals surface area contributed by atoms with Crippen molar-refractivity contribution in [3.8, 4) is 0 Å². The van der Waals surface area contributed by atoms with E-state index in [1.165, 1.54) is 37.7 Å².